The summed E-state index contributed by atoms with van der Waals surface area (Å²) >= 11 is 7.37. The number of carbonyl (C=O) groups is 2. The van der Waals surface area contributed by atoms with Crippen LogP contribution in [0.2, 0.25) is 5.02 Å². The number of benzene rings is 2. The third-order valence-electron chi connectivity index (χ3n) is 3.50. The molecule has 0 aliphatic rings. The molecule has 1 heterocycles. The molecule has 3 aromatic rings. The topological polar surface area (TPSA) is 64.6 Å². The van der Waals surface area contributed by atoms with Crippen molar-refractivity contribution in [2.45, 2.75) is 0 Å². The van der Waals surface area contributed by atoms with E-state index in [2.05, 4.69) is 5.32 Å². The SMILES string of the molecule is COc1ccc2c(Cl)c(C(=O)OCC(=O)Nc3ccccc3F)sc2c1. The first kappa shape index (κ1) is 18.2. The normalized spacial score (nSPS) is 10.6. The molecular weight excluding hydrogens is 381 g/mol. The van der Waals surface area contributed by atoms with E-state index in [1.807, 2.05) is 0 Å². The molecule has 0 aliphatic heterocycles. The Hall–Kier alpha value is -2.64. The monoisotopic (exact) mass is 393 g/mol. The van der Waals surface area contributed by atoms with Crippen LogP contribution in [-0.2, 0) is 9.53 Å². The summed E-state index contributed by atoms with van der Waals surface area (Å²) in [5.41, 5.74) is 0.0144. The number of halogens is 2. The van der Waals surface area contributed by atoms with Gasteiger partial charge in [-0.2, -0.15) is 0 Å². The lowest BCUT2D eigenvalue weighted by Gasteiger charge is -2.06. The van der Waals surface area contributed by atoms with Crippen LogP contribution in [0, 0.1) is 5.82 Å². The van der Waals surface area contributed by atoms with E-state index in [0.29, 0.717) is 11.1 Å². The molecule has 0 radical (unpaired) electrons. The molecule has 26 heavy (non-hydrogen) atoms. The molecule has 0 bridgehead atoms. The van der Waals surface area contributed by atoms with E-state index in [-0.39, 0.29) is 15.6 Å². The summed E-state index contributed by atoms with van der Waals surface area (Å²) in [6, 6.07) is 10.9. The van der Waals surface area contributed by atoms with E-state index in [1.165, 1.54) is 18.2 Å². The number of amides is 1. The third-order valence-corrected chi connectivity index (χ3v) is 5.14. The smallest absolute Gasteiger partial charge is 0.350 e. The number of nitrogens with one attached hydrogen (secondary N) is 1. The van der Waals surface area contributed by atoms with Gasteiger partial charge in [0.05, 0.1) is 17.8 Å². The standard InChI is InChI=1S/C18H13ClFNO4S/c1-24-10-6-7-11-14(8-10)26-17(16(11)19)18(23)25-9-15(22)21-13-5-3-2-4-12(13)20/h2-8H,9H2,1H3,(H,21,22). The van der Waals surface area contributed by atoms with Gasteiger partial charge in [-0.05, 0) is 30.3 Å². The third kappa shape index (κ3) is 3.79. The Balaban J connectivity index is 1.68. The van der Waals surface area contributed by atoms with Crippen LogP contribution in [0.5, 0.6) is 5.75 Å². The highest BCUT2D eigenvalue weighted by Crippen LogP contribution is 2.37. The molecule has 2 aromatic carbocycles. The van der Waals surface area contributed by atoms with Crippen molar-refractivity contribution in [3.8, 4) is 5.75 Å². The predicted octanol–water partition coefficient (Wildman–Crippen LogP) is 4.50. The quantitative estimate of drug-likeness (QED) is 0.648. The number of rotatable bonds is 5. The number of anilines is 1. The molecule has 1 aromatic heterocycles. The van der Waals surface area contributed by atoms with Crippen LogP contribution in [0.4, 0.5) is 10.1 Å². The molecule has 0 saturated carbocycles. The Kier molecular flexibility index (Phi) is 5.39. The largest absolute Gasteiger partial charge is 0.497 e. The van der Waals surface area contributed by atoms with E-state index in [9.17, 15) is 14.0 Å². The van der Waals surface area contributed by atoms with E-state index in [0.717, 1.165) is 16.0 Å². The minimum absolute atomic E-state index is 0.0144. The van der Waals surface area contributed by atoms with Gasteiger partial charge in [0, 0.05) is 10.1 Å². The zero-order valence-electron chi connectivity index (χ0n) is 13.5. The molecule has 0 spiro atoms. The number of fused-ring (bicyclic) bond motifs is 1. The number of methoxy groups -OCH3 is 1. The second-order valence-corrected chi connectivity index (χ2v) is 6.64. The second-order valence-electron chi connectivity index (χ2n) is 5.21. The van der Waals surface area contributed by atoms with Crippen molar-refractivity contribution in [3.63, 3.8) is 0 Å². The Morgan fingerprint density at radius 2 is 2.00 bits per heavy atom. The first-order valence-corrected chi connectivity index (χ1v) is 8.66. The Morgan fingerprint density at radius 1 is 1.23 bits per heavy atom. The zero-order valence-corrected chi connectivity index (χ0v) is 15.1. The number of carbonyl (C=O) groups excluding carboxylic acids is 2. The van der Waals surface area contributed by atoms with Crippen molar-refractivity contribution in [1.29, 1.82) is 0 Å². The van der Waals surface area contributed by atoms with Gasteiger partial charge in [-0.25, -0.2) is 9.18 Å². The molecular formula is C18H13ClFNO4S. The Bertz CT molecular complexity index is 988. The number of hydrogen-bond acceptors (Lipinski definition) is 5. The van der Waals surface area contributed by atoms with Crippen LogP contribution in [0.25, 0.3) is 10.1 Å². The van der Waals surface area contributed by atoms with Crippen molar-refractivity contribution in [3.05, 3.63) is 58.2 Å². The molecule has 134 valence electrons. The highest BCUT2D eigenvalue weighted by Gasteiger charge is 2.20. The molecule has 3 rings (SSSR count). The molecule has 0 fully saturated rings. The van der Waals surface area contributed by atoms with Gasteiger partial charge in [0.15, 0.2) is 6.61 Å². The van der Waals surface area contributed by atoms with Crippen LogP contribution in [0.15, 0.2) is 42.5 Å². The molecule has 8 heteroatoms. The minimum atomic E-state index is -0.723. The van der Waals surface area contributed by atoms with Crippen LogP contribution >= 0.6 is 22.9 Å². The van der Waals surface area contributed by atoms with Gasteiger partial charge >= 0.3 is 5.97 Å². The maximum absolute atomic E-state index is 13.5. The summed E-state index contributed by atoms with van der Waals surface area (Å²) in [7, 11) is 1.54. The van der Waals surface area contributed by atoms with Gasteiger partial charge in [0.25, 0.3) is 5.91 Å². The number of thiophene rings is 1. The van der Waals surface area contributed by atoms with Gasteiger partial charge in [0.1, 0.15) is 16.4 Å². The van der Waals surface area contributed by atoms with E-state index in [1.54, 1.807) is 31.4 Å². The summed E-state index contributed by atoms with van der Waals surface area (Å²) in [4.78, 5) is 24.3. The summed E-state index contributed by atoms with van der Waals surface area (Å²) in [5, 5.41) is 3.29. The molecule has 0 saturated heterocycles. The van der Waals surface area contributed by atoms with Crippen molar-refractivity contribution in [1.82, 2.24) is 0 Å². The van der Waals surface area contributed by atoms with Crippen LogP contribution in [-0.4, -0.2) is 25.6 Å². The molecule has 0 aliphatic carbocycles. The van der Waals surface area contributed by atoms with Crippen LogP contribution < -0.4 is 10.1 Å². The highest BCUT2D eigenvalue weighted by molar-refractivity contribution is 7.21. The summed E-state index contributed by atoms with van der Waals surface area (Å²) < 4.78 is 24.4. The van der Waals surface area contributed by atoms with Crippen molar-refractivity contribution in [2.75, 3.05) is 19.0 Å². The van der Waals surface area contributed by atoms with Crippen molar-refractivity contribution in [2.24, 2.45) is 0 Å². The number of para-hydroxylation sites is 1. The van der Waals surface area contributed by atoms with Crippen LogP contribution in [0.1, 0.15) is 9.67 Å². The fourth-order valence-corrected chi connectivity index (χ4v) is 3.68. The fourth-order valence-electron chi connectivity index (χ4n) is 2.25. The van der Waals surface area contributed by atoms with Gasteiger partial charge in [-0.3, -0.25) is 4.79 Å². The number of hydrogen-bond donors (Lipinski definition) is 1. The Labute approximate surface area is 157 Å². The first-order valence-electron chi connectivity index (χ1n) is 7.47. The van der Waals surface area contributed by atoms with Gasteiger partial charge in [-0.1, -0.05) is 23.7 Å². The molecule has 0 atom stereocenters. The second kappa shape index (κ2) is 7.72. The summed E-state index contributed by atoms with van der Waals surface area (Å²) in [5.74, 6) is -1.31. The highest BCUT2D eigenvalue weighted by atomic mass is 35.5. The lowest BCUT2D eigenvalue weighted by atomic mass is 10.2. The summed E-state index contributed by atoms with van der Waals surface area (Å²) in [6.07, 6.45) is 0. The summed E-state index contributed by atoms with van der Waals surface area (Å²) in [6.45, 7) is -0.555. The zero-order chi connectivity index (χ0) is 18.7. The number of esters is 1. The van der Waals surface area contributed by atoms with Gasteiger partial charge in [0.2, 0.25) is 0 Å². The molecule has 1 N–H and O–H groups in total. The lowest BCUT2D eigenvalue weighted by Crippen LogP contribution is -2.21. The molecule has 5 nitrogen and oxygen atoms in total. The average molecular weight is 394 g/mol. The maximum Gasteiger partial charge on any atom is 0.350 e. The van der Waals surface area contributed by atoms with Gasteiger partial charge in [-0.15, -0.1) is 11.3 Å². The molecule has 1 amide bonds. The first-order chi connectivity index (χ1) is 12.5. The lowest BCUT2D eigenvalue weighted by molar-refractivity contribution is -0.119. The maximum atomic E-state index is 13.5. The average Bonchev–Trinajstić information content (AvgIpc) is 2.97. The predicted molar refractivity (Wildman–Crippen MR) is 98.7 cm³/mol. The number of ether oxygens (including phenoxy) is 2. The van der Waals surface area contributed by atoms with Crippen LogP contribution in [0.3, 0.4) is 0 Å². The molecule has 0 unspecified atom stereocenters. The van der Waals surface area contributed by atoms with E-state index >= 15 is 0 Å². The van der Waals surface area contributed by atoms with E-state index < -0.39 is 24.3 Å². The minimum Gasteiger partial charge on any atom is -0.497 e. The van der Waals surface area contributed by atoms with Crippen molar-refractivity contribution < 1.29 is 23.5 Å². The fraction of sp³-hybridized carbons (Fsp3) is 0.111. The van der Waals surface area contributed by atoms with Crippen molar-refractivity contribution >= 4 is 50.6 Å². The van der Waals surface area contributed by atoms with E-state index in [4.69, 9.17) is 21.1 Å². The Morgan fingerprint density at radius 3 is 2.73 bits per heavy atom. The van der Waals surface area contributed by atoms with Gasteiger partial charge < -0.3 is 14.8 Å².